The molecule has 1 atom stereocenters. The summed E-state index contributed by atoms with van der Waals surface area (Å²) in [6, 6.07) is -0.0744. The molecular formula is C11H19N3O2. The fraction of sp³-hybridized carbons (Fsp3) is 0.636. The van der Waals surface area contributed by atoms with Crippen molar-refractivity contribution in [3.05, 3.63) is 18.2 Å². The number of hydrogen-bond donors (Lipinski definition) is 1. The zero-order valence-corrected chi connectivity index (χ0v) is 10.0. The lowest BCUT2D eigenvalue weighted by atomic mass is 10.1. The summed E-state index contributed by atoms with van der Waals surface area (Å²) < 4.78 is 6.82. The van der Waals surface area contributed by atoms with Crippen molar-refractivity contribution in [2.24, 2.45) is 5.73 Å². The summed E-state index contributed by atoms with van der Waals surface area (Å²) in [5.74, 6) is -0.272. The monoisotopic (exact) mass is 225 g/mol. The molecule has 5 nitrogen and oxygen atoms in total. The van der Waals surface area contributed by atoms with Crippen molar-refractivity contribution in [3.63, 3.8) is 0 Å². The highest BCUT2D eigenvalue weighted by Gasteiger charge is 2.17. The van der Waals surface area contributed by atoms with Crippen LogP contribution in [0.3, 0.4) is 0 Å². The van der Waals surface area contributed by atoms with Crippen molar-refractivity contribution in [2.45, 2.75) is 39.3 Å². The molecule has 90 valence electrons. The van der Waals surface area contributed by atoms with Crippen LogP contribution in [0.2, 0.25) is 0 Å². The van der Waals surface area contributed by atoms with Crippen LogP contribution in [-0.4, -0.2) is 22.1 Å². The summed E-state index contributed by atoms with van der Waals surface area (Å²) in [7, 11) is 0. The van der Waals surface area contributed by atoms with E-state index in [9.17, 15) is 4.79 Å². The molecule has 1 aromatic rings. The number of nitrogens with zero attached hydrogens (tertiary/aromatic N) is 2. The van der Waals surface area contributed by atoms with Gasteiger partial charge in [0.05, 0.1) is 31.1 Å². The third kappa shape index (κ3) is 3.06. The first-order valence-electron chi connectivity index (χ1n) is 5.49. The van der Waals surface area contributed by atoms with Gasteiger partial charge >= 0.3 is 5.97 Å². The van der Waals surface area contributed by atoms with E-state index in [4.69, 9.17) is 10.5 Å². The quantitative estimate of drug-likeness (QED) is 0.769. The highest BCUT2D eigenvalue weighted by Crippen LogP contribution is 2.18. The fourth-order valence-corrected chi connectivity index (χ4v) is 1.54. The number of aromatic nitrogens is 2. The molecule has 0 saturated carbocycles. The molecule has 0 bridgehead atoms. The minimum atomic E-state index is -0.357. The Balaban J connectivity index is 2.69. The summed E-state index contributed by atoms with van der Waals surface area (Å²) >= 11 is 0. The number of nitrogens with two attached hydrogens (primary N) is 1. The fourth-order valence-electron chi connectivity index (χ4n) is 1.54. The van der Waals surface area contributed by atoms with Crippen molar-refractivity contribution in [3.8, 4) is 0 Å². The van der Waals surface area contributed by atoms with E-state index in [0.717, 1.165) is 5.69 Å². The van der Waals surface area contributed by atoms with Crippen LogP contribution in [0.5, 0.6) is 0 Å². The number of imidazole rings is 1. The molecule has 0 unspecified atom stereocenters. The number of carbonyl (C=O) groups excluding carboxylic acids is 1. The van der Waals surface area contributed by atoms with E-state index in [1.54, 1.807) is 19.4 Å². The maximum atomic E-state index is 11.3. The Morgan fingerprint density at radius 1 is 1.62 bits per heavy atom. The molecule has 1 rings (SSSR count). The van der Waals surface area contributed by atoms with E-state index < -0.39 is 0 Å². The minimum Gasteiger partial charge on any atom is -0.466 e. The van der Waals surface area contributed by atoms with Crippen LogP contribution in [0.1, 0.15) is 45.0 Å². The van der Waals surface area contributed by atoms with Gasteiger partial charge in [-0.25, -0.2) is 4.98 Å². The second-order valence-electron chi connectivity index (χ2n) is 3.94. The van der Waals surface area contributed by atoms with Crippen molar-refractivity contribution >= 4 is 5.97 Å². The van der Waals surface area contributed by atoms with Gasteiger partial charge in [-0.2, -0.15) is 0 Å². The first kappa shape index (κ1) is 12.7. The molecule has 0 fully saturated rings. The van der Waals surface area contributed by atoms with Crippen LogP contribution in [0.25, 0.3) is 0 Å². The first-order valence-corrected chi connectivity index (χ1v) is 5.49. The van der Waals surface area contributed by atoms with Gasteiger partial charge in [-0.1, -0.05) is 0 Å². The smallest absolute Gasteiger partial charge is 0.307 e. The molecule has 0 aliphatic rings. The standard InChI is InChI=1S/C11H19N3O2/c1-4-16-11(15)5-9(12)10-6-13-7-14(10)8(2)3/h6-9H,4-5,12H2,1-3H3/t9-/m1/s1. The van der Waals surface area contributed by atoms with Gasteiger partial charge in [-0.3, -0.25) is 4.79 Å². The molecule has 1 heterocycles. The van der Waals surface area contributed by atoms with Gasteiger partial charge in [-0.05, 0) is 20.8 Å². The summed E-state index contributed by atoms with van der Waals surface area (Å²) in [5.41, 5.74) is 6.81. The molecule has 5 heteroatoms. The Hall–Kier alpha value is -1.36. The van der Waals surface area contributed by atoms with E-state index >= 15 is 0 Å². The van der Waals surface area contributed by atoms with Crippen molar-refractivity contribution in [2.75, 3.05) is 6.61 Å². The van der Waals surface area contributed by atoms with Crippen molar-refractivity contribution in [1.82, 2.24) is 9.55 Å². The lowest BCUT2D eigenvalue weighted by Crippen LogP contribution is -2.20. The highest BCUT2D eigenvalue weighted by molar-refractivity contribution is 5.70. The van der Waals surface area contributed by atoms with E-state index in [-0.39, 0.29) is 24.5 Å². The largest absolute Gasteiger partial charge is 0.466 e. The van der Waals surface area contributed by atoms with Crippen LogP contribution in [0.15, 0.2) is 12.5 Å². The molecule has 0 radical (unpaired) electrons. The van der Waals surface area contributed by atoms with Crippen molar-refractivity contribution in [1.29, 1.82) is 0 Å². The van der Waals surface area contributed by atoms with Gasteiger partial charge in [0.15, 0.2) is 0 Å². The molecule has 0 spiro atoms. The average molecular weight is 225 g/mol. The second-order valence-corrected chi connectivity index (χ2v) is 3.94. The van der Waals surface area contributed by atoms with Crippen LogP contribution < -0.4 is 5.73 Å². The molecule has 0 aromatic carbocycles. The van der Waals surface area contributed by atoms with Gasteiger partial charge in [0.2, 0.25) is 0 Å². The molecule has 0 aliphatic heterocycles. The minimum absolute atomic E-state index is 0.187. The number of ether oxygens (including phenoxy) is 1. The predicted octanol–water partition coefficient (Wildman–Crippen LogP) is 1.42. The maximum absolute atomic E-state index is 11.3. The van der Waals surface area contributed by atoms with E-state index in [1.165, 1.54) is 0 Å². The summed E-state index contributed by atoms with van der Waals surface area (Å²) in [6.07, 6.45) is 3.61. The molecule has 0 saturated heterocycles. The summed E-state index contributed by atoms with van der Waals surface area (Å²) in [4.78, 5) is 15.3. The number of hydrogen-bond acceptors (Lipinski definition) is 4. The molecule has 2 N–H and O–H groups in total. The Morgan fingerprint density at radius 2 is 2.31 bits per heavy atom. The first-order chi connectivity index (χ1) is 7.56. The average Bonchev–Trinajstić information content (AvgIpc) is 2.65. The highest BCUT2D eigenvalue weighted by atomic mass is 16.5. The Bertz CT molecular complexity index is 347. The van der Waals surface area contributed by atoms with Gasteiger partial charge in [0.25, 0.3) is 0 Å². The number of esters is 1. The van der Waals surface area contributed by atoms with Gasteiger partial charge in [-0.15, -0.1) is 0 Å². The third-order valence-electron chi connectivity index (χ3n) is 2.32. The third-order valence-corrected chi connectivity index (χ3v) is 2.32. The molecule has 16 heavy (non-hydrogen) atoms. The Labute approximate surface area is 95.6 Å². The van der Waals surface area contributed by atoms with Gasteiger partial charge < -0.3 is 15.0 Å². The lowest BCUT2D eigenvalue weighted by Gasteiger charge is -2.16. The summed E-state index contributed by atoms with van der Waals surface area (Å²) in [6.45, 7) is 6.25. The molecule has 0 aliphatic carbocycles. The predicted molar refractivity (Wildman–Crippen MR) is 60.8 cm³/mol. The van der Waals surface area contributed by atoms with Crippen LogP contribution in [-0.2, 0) is 9.53 Å². The zero-order valence-electron chi connectivity index (χ0n) is 10.0. The lowest BCUT2D eigenvalue weighted by molar-refractivity contribution is -0.143. The molecule has 0 amide bonds. The number of carbonyl (C=O) groups is 1. The second kappa shape index (κ2) is 5.65. The maximum Gasteiger partial charge on any atom is 0.307 e. The van der Waals surface area contributed by atoms with E-state index in [0.29, 0.717) is 6.61 Å². The summed E-state index contributed by atoms with van der Waals surface area (Å²) in [5, 5.41) is 0. The van der Waals surface area contributed by atoms with E-state index in [2.05, 4.69) is 4.98 Å². The van der Waals surface area contributed by atoms with Crippen LogP contribution in [0, 0.1) is 0 Å². The van der Waals surface area contributed by atoms with E-state index in [1.807, 2.05) is 18.4 Å². The van der Waals surface area contributed by atoms with Gasteiger partial charge in [0, 0.05) is 12.2 Å². The topological polar surface area (TPSA) is 70.1 Å². The van der Waals surface area contributed by atoms with Crippen molar-refractivity contribution < 1.29 is 9.53 Å². The normalized spacial score (nSPS) is 12.8. The Kier molecular flexibility index (Phi) is 4.49. The SMILES string of the molecule is CCOC(=O)C[C@@H](N)c1cncn1C(C)C. The molecule has 1 aromatic heterocycles. The van der Waals surface area contributed by atoms with Gasteiger partial charge in [0.1, 0.15) is 0 Å². The zero-order chi connectivity index (χ0) is 12.1. The molecular weight excluding hydrogens is 206 g/mol. The Morgan fingerprint density at radius 3 is 2.88 bits per heavy atom. The van der Waals surface area contributed by atoms with Crippen LogP contribution in [0.4, 0.5) is 0 Å². The number of rotatable bonds is 5. The van der Waals surface area contributed by atoms with Crippen LogP contribution >= 0.6 is 0 Å².